The Morgan fingerprint density at radius 3 is 2.44 bits per heavy atom. The van der Waals surface area contributed by atoms with Crippen molar-refractivity contribution < 1.29 is 22.7 Å². The van der Waals surface area contributed by atoms with Crippen molar-refractivity contribution in [2.45, 2.75) is 36.2 Å². The molecule has 1 unspecified atom stereocenters. The van der Waals surface area contributed by atoms with Crippen molar-refractivity contribution >= 4 is 33.4 Å². The number of sulfone groups is 1. The van der Waals surface area contributed by atoms with Crippen LogP contribution in [0, 0.1) is 0 Å². The molecule has 9 heteroatoms. The van der Waals surface area contributed by atoms with Gasteiger partial charge < -0.3 is 9.64 Å². The quantitative estimate of drug-likeness (QED) is 0.660. The minimum absolute atomic E-state index is 0.00541. The molecule has 1 atom stereocenters. The maximum atomic E-state index is 13.0. The molecule has 2 aromatic carbocycles. The summed E-state index contributed by atoms with van der Waals surface area (Å²) in [6.07, 6.45) is 2.82. The van der Waals surface area contributed by atoms with Gasteiger partial charge in [0.1, 0.15) is 6.61 Å². The van der Waals surface area contributed by atoms with Crippen LogP contribution in [0.25, 0.3) is 0 Å². The molecule has 0 radical (unpaired) electrons. The highest BCUT2D eigenvalue weighted by Gasteiger charge is 2.40. The van der Waals surface area contributed by atoms with Crippen molar-refractivity contribution in [1.29, 1.82) is 0 Å². The second-order valence-electron chi connectivity index (χ2n) is 8.26. The molecule has 4 rings (SSSR count). The lowest BCUT2D eigenvalue weighted by molar-refractivity contribution is 0.0637. The summed E-state index contributed by atoms with van der Waals surface area (Å²) in [6.45, 7) is 1.33. The first kappa shape index (κ1) is 22.6. The van der Waals surface area contributed by atoms with E-state index in [0.717, 1.165) is 18.2 Å². The number of ether oxygens (including phenoxy) is 1. The van der Waals surface area contributed by atoms with Gasteiger partial charge in [-0.3, -0.25) is 9.69 Å². The largest absolute Gasteiger partial charge is 0.447 e. The molecule has 2 aliphatic rings. The summed E-state index contributed by atoms with van der Waals surface area (Å²) in [5.74, 6) is -0.238. The minimum Gasteiger partial charge on any atom is -0.447 e. The van der Waals surface area contributed by atoms with Gasteiger partial charge in [0.05, 0.1) is 21.5 Å². The lowest BCUT2D eigenvalue weighted by Crippen LogP contribution is -2.50. The Labute approximate surface area is 192 Å². The Kier molecular flexibility index (Phi) is 6.44. The maximum absolute atomic E-state index is 13.0. The zero-order valence-corrected chi connectivity index (χ0v) is 19.3. The van der Waals surface area contributed by atoms with Gasteiger partial charge in [-0.15, -0.1) is 0 Å². The monoisotopic (exact) mass is 476 g/mol. The number of nitrogens with zero attached hydrogens (tertiary/aromatic N) is 2. The number of halogens is 1. The van der Waals surface area contributed by atoms with Crippen molar-refractivity contribution in [3.8, 4) is 0 Å². The van der Waals surface area contributed by atoms with Crippen LogP contribution in [0.15, 0.2) is 53.4 Å². The highest BCUT2D eigenvalue weighted by atomic mass is 35.5. The van der Waals surface area contributed by atoms with Crippen LogP contribution in [0.4, 0.5) is 4.79 Å². The molecule has 0 bridgehead atoms. The first-order valence-electron chi connectivity index (χ1n) is 10.5. The number of benzene rings is 2. The second kappa shape index (κ2) is 9.11. The molecule has 170 valence electrons. The van der Waals surface area contributed by atoms with Crippen molar-refractivity contribution in [3.63, 3.8) is 0 Å². The number of carbonyl (C=O) groups is 2. The number of carbonyl (C=O) groups excluding carboxylic acids is 2. The zero-order valence-electron chi connectivity index (χ0n) is 17.7. The lowest BCUT2D eigenvalue weighted by Gasteiger charge is -2.38. The Morgan fingerprint density at radius 1 is 1.12 bits per heavy atom. The Balaban J connectivity index is 1.41. The van der Waals surface area contributed by atoms with E-state index in [0.29, 0.717) is 32.5 Å². The maximum Gasteiger partial charge on any atom is 0.410 e. The van der Waals surface area contributed by atoms with Gasteiger partial charge in [0, 0.05) is 25.4 Å². The molecule has 2 heterocycles. The van der Waals surface area contributed by atoms with Crippen LogP contribution in [-0.2, 0) is 21.0 Å². The van der Waals surface area contributed by atoms with E-state index in [4.69, 9.17) is 16.3 Å². The standard InChI is InChI=1S/C23H25ClN2O5S/c1-32(29,30)19-7-8-20(21(24)14-19)22(27)25-11-9-17(10-12-25)26-18(15-31-23(26)28)13-16-5-3-2-4-6-16/h2-8,14,17-18H,9-13,15H2,1H3. The molecule has 2 amide bonds. The molecule has 2 saturated heterocycles. The summed E-state index contributed by atoms with van der Waals surface area (Å²) >= 11 is 6.22. The SMILES string of the molecule is CS(=O)(=O)c1ccc(C(=O)N2CCC(N3C(=O)OCC3Cc3ccccc3)CC2)c(Cl)c1. The van der Waals surface area contributed by atoms with Crippen molar-refractivity contribution in [1.82, 2.24) is 9.80 Å². The molecule has 0 aromatic heterocycles. The molecule has 0 saturated carbocycles. The van der Waals surface area contributed by atoms with Crippen LogP contribution in [0.2, 0.25) is 5.02 Å². The number of rotatable bonds is 5. The van der Waals surface area contributed by atoms with Gasteiger partial charge in [-0.2, -0.15) is 0 Å². The van der Waals surface area contributed by atoms with Crippen LogP contribution < -0.4 is 0 Å². The summed E-state index contributed by atoms with van der Waals surface area (Å²) in [4.78, 5) is 29.0. The van der Waals surface area contributed by atoms with Gasteiger partial charge in [-0.25, -0.2) is 13.2 Å². The summed E-state index contributed by atoms with van der Waals surface area (Å²) in [5, 5.41) is 0.117. The number of piperidine rings is 1. The van der Waals surface area contributed by atoms with Crippen LogP contribution in [0.3, 0.4) is 0 Å². The summed E-state index contributed by atoms with van der Waals surface area (Å²) < 4.78 is 28.7. The normalized spacial score (nSPS) is 19.8. The van der Waals surface area contributed by atoms with E-state index in [-0.39, 0.29) is 39.6 Å². The molecule has 7 nitrogen and oxygen atoms in total. The third-order valence-corrected chi connectivity index (χ3v) is 7.48. The first-order chi connectivity index (χ1) is 15.2. The smallest absolute Gasteiger partial charge is 0.410 e. The number of hydrogen-bond donors (Lipinski definition) is 0. The summed E-state index contributed by atoms with van der Waals surface area (Å²) in [6, 6.07) is 14.2. The number of amides is 2. The lowest BCUT2D eigenvalue weighted by atomic mass is 9.98. The third kappa shape index (κ3) is 4.76. The topological polar surface area (TPSA) is 84.0 Å². The number of hydrogen-bond acceptors (Lipinski definition) is 5. The van der Waals surface area contributed by atoms with E-state index >= 15 is 0 Å². The summed E-state index contributed by atoms with van der Waals surface area (Å²) in [5.41, 5.74) is 1.43. The van der Waals surface area contributed by atoms with Gasteiger partial charge in [-0.1, -0.05) is 41.9 Å². The fourth-order valence-corrected chi connectivity index (χ4v) is 5.35. The van der Waals surface area contributed by atoms with Crippen LogP contribution in [-0.4, -0.2) is 68.3 Å². The van der Waals surface area contributed by atoms with E-state index in [1.165, 1.54) is 18.2 Å². The molecular formula is C23H25ClN2O5S. The predicted octanol–water partition coefficient (Wildman–Crippen LogP) is 3.41. The Bertz CT molecular complexity index is 1110. The number of likely N-dealkylation sites (tertiary alicyclic amines) is 1. The van der Waals surface area contributed by atoms with Crippen LogP contribution >= 0.6 is 11.6 Å². The van der Waals surface area contributed by atoms with Gasteiger partial charge in [-0.05, 0) is 43.0 Å². The number of cyclic esters (lactones) is 1. The fraction of sp³-hybridized carbons (Fsp3) is 0.391. The molecule has 2 fully saturated rings. The molecule has 2 aliphatic heterocycles. The van der Waals surface area contributed by atoms with E-state index in [2.05, 4.69) is 0 Å². The molecule has 2 aromatic rings. The minimum atomic E-state index is -3.40. The average Bonchev–Trinajstić information content (AvgIpc) is 3.13. The molecular weight excluding hydrogens is 452 g/mol. The van der Waals surface area contributed by atoms with Gasteiger partial charge in [0.2, 0.25) is 0 Å². The van der Waals surface area contributed by atoms with E-state index in [9.17, 15) is 18.0 Å². The van der Waals surface area contributed by atoms with Crippen molar-refractivity contribution in [3.05, 3.63) is 64.7 Å². The molecule has 32 heavy (non-hydrogen) atoms. The van der Waals surface area contributed by atoms with E-state index in [1.807, 2.05) is 35.2 Å². The average molecular weight is 477 g/mol. The van der Waals surface area contributed by atoms with E-state index < -0.39 is 9.84 Å². The van der Waals surface area contributed by atoms with Crippen molar-refractivity contribution in [2.24, 2.45) is 0 Å². The Hall–Kier alpha value is -2.58. The highest BCUT2D eigenvalue weighted by Crippen LogP contribution is 2.28. The van der Waals surface area contributed by atoms with E-state index in [1.54, 1.807) is 4.90 Å². The Morgan fingerprint density at radius 2 is 1.81 bits per heavy atom. The van der Waals surface area contributed by atoms with Gasteiger partial charge >= 0.3 is 6.09 Å². The van der Waals surface area contributed by atoms with Gasteiger partial charge in [0.25, 0.3) is 5.91 Å². The third-order valence-electron chi connectivity index (χ3n) is 6.06. The van der Waals surface area contributed by atoms with Crippen LogP contribution in [0.5, 0.6) is 0 Å². The highest BCUT2D eigenvalue weighted by molar-refractivity contribution is 7.90. The van der Waals surface area contributed by atoms with Crippen molar-refractivity contribution in [2.75, 3.05) is 26.0 Å². The fourth-order valence-electron chi connectivity index (χ4n) is 4.38. The van der Waals surface area contributed by atoms with Gasteiger partial charge in [0.15, 0.2) is 9.84 Å². The van der Waals surface area contributed by atoms with Crippen LogP contribution in [0.1, 0.15) is 28.8 Å². The molecule has 0 spiro atoms. The second-order valence-corrected chi connectivity index (χ2v) is 10.7. The summed E-state index contributed by atoms with van der Waals surface area (Å²) in [7, 11) is -3.40. The first-order valence-corrected chi connectivity index (χ1v) is 12.8. The molecule has 0 N–H and O–H groups in total. The molecule has 0 aliphatic carbocycles. The predicted molar refractivity (Wildman–Crippen MR) is 121 cm³/mol. The zero-order chi connectivity index (χ0) is 22.9.